The summed E-state index contributed by atoms with van der Waals surface area (Å²) in [5, 5.41) is 10.6. The molecule has 1 aromatic heterocycles. The van der Waals surface area contributed by atoms with Crippen molar-refractivity contribution in [2.24, 2.45) is 5.92 Å². The first-order chi connectivity index (χ1) is 14.0. The predicted molar refractivity (Wildman–Crippen MR) is 110 cm³/mol. The number of carbonyl (C=O) groups excluding carboxylic acids is 1. The minimum atomic E-state index is -0.225. The van der Waals surface area contributed by atoms with Gasteiger partial charge in [-0.1, -0.05) is 19.9 Å². The second-order valence-electron chi connectivity index (χ2n) is 7.28. The summed E-state index contributed by atoms with van der Waals surface area (Å²) in [7, 11) is 1.57. The highest BCUT2D eigenvalue weighted by Crippen LogP contribution is 2.38. The third-order valence-electron chi connectivity index (χ3n) is 4.67. The number of aromatic nitrogens is 2. The van der Waals surface area contributed by atoms with Gasteiger partial charge in [-0.15, -0.1) is 0 Å². The van der Waals surface area contributed by atoms with E-state index in [9.17, 15) is 4.79 Å². The van der Waals surface area contributed by atoms with Gasteiger partial charge in [0.25, 0.3) is 5.91 Å². The number of ether oxygens (including phenoxy) is 3. The Morgan fingerprint density at radius 1 is 1.21 bits per heavy atom. The summed E-state index contributed by atoms with van der Waals surface area (Å²) in [6, 6.07) is 12.7. The van der Waals surface area contributed by atoms with Gasteiger partial charge in [0.2, 0.25) is 6.79 Å². The Morgan fingerprint density at radius 3 is 2.83 bits per heavy atom. The van der Waals surface area contributed by atoms with Crippen molar-refractivity contribution in [2.45, 2.75) is 20.3 Å². The van der Waals surface area contributed by atoms with Crippen molar-refractivity contribution >= 4 is 11.6 Å². The molecule has 150 valence electrons. The molecule has 4 rings (SSSR count). The molecule has 3 aromatic rings. The number of benzene rings is 2. The third-order valence-corrected chi connectivity index (χ3v) is 4.67. The average Bonchev–Trinajstić information content (AvgIpc) is 3.34. The average molecular weight is 393 g/mol. The summed E-state index contributed by atoms with van der Waals surface area (Å²) in [6.45, 7) is 4.45. The van der Waals surface area contributed by atoms with E-state index in [1.807, 2.05) is 18.2 Å². The Morgan fingerprint density at radius 2 is 2.03 bits per heavy atom. The number of amides is 1. The lowest BCUT2D eigenvalue weighted by Crippen LogP contribution is -2.14. The van der Waals surface area contributed by atoms with E-state index in [2.05, 4.69) is 29.4 Å². The largest absolute Gasteiger partial charge is 0.497 e. The van der Waals surface area contributed by atoms with Crippen LogP contribution in [0.3, 0.4) is 0 Å². The standard InChI is InChI=1S/C22H23N3O4/c1-13(2)9-17-21(23-22(26)15-5-4-6-16(10-15)27-3)20(25-24-17)14-7-8-18-19(11-14)29-12-28-18/h4-8,10-11,13H,9,12H2,1-3H3,(H,23,26)(H,24,25). The first-order valence-corrected chi connectivity index (χ1v) is 9.48. The highest BCUT2D eigenvalue weighted by atomic mass is 16.7. The molecule has 1 aliphatic heterocycles. The van der Waals surface area contributed by atoms with E-state index in [4.69, 9.17) is 14.2 Å². The highest BCUT2D eigenvalue weighted by molar-refractivity contribution is 6.06. The van der Waals surface area contributed by atoms with Gasteiger partial charge in [0, 0.05) is 11.1 Å². The number of H-pyrrole nitrogens is 1. The fraction of sp³-hybridized carbons (Fsp3) is 0.273. The number of fused-ring (bicyclic) bond motifs is 1. The second-order valence-corrected chi connectivity index (χ2v) is 7.28. The van der Waals surface area contributed by atoms with Gasteiger partial charge < -0.3 is 19.5 Å². The topological polar surface area (TPSA) is 85.5 Å². The van der Waals surface area contributed by atoms with E-state index in [-0.39, 0.29) is 12.7 Å². The van der Waals surface area contributed by atoms with Crippen LogP contribution >= 0.6 is 0 Å². The summed E-state index contributed by atoms with van der Waals surface area (Å²) in [5.41, 5.74) is 3.56. The van der Waals surface area contributed by atoms with Crippen LogP contribution in [0.4, 0.5) is 5.69 Å². The molecule has 2 heterocycles. The van der Waals surface area contributed by atoms with Crippen LogP contribution in [0.5, 0.6) is 17.2 Å². The van der Waals surface area contributed by atoms with Crippen LogP contribution in [-0.4, -0.2) is 30.0 Å². The number of aromatic amines is 1. The van der Waals surface area contributed by atoms with Crippen molar-refractivity contribution in [3.63, 3.8) is 0 Å². The lowest BCUT2D eigenvalue weighted by molar-refractivity contribution is 0.102. The smallest absolute Gasteiger partial charge is 0.255 e. The van der Waals surface area contributed by atoms with Gasteiger partial charge in [-0.3, -0.25) is 9.89 Å². The number of anilines is 1. The zero-order valence-corrected chi connectivity index (χ0v) is 16.6. The predicted octanol–water partition coefficient (Wildman–Crippen LogP) is 4.26. The van der Waals surface area contributed by atoms with Crippen LogP contribution in [-0.2, 0) is 6.42 Å². The summed E-state index contributed by atoms with van der Waals surface area (Å²) in [6.07, 6.45) is 0.755. The number of nitrogens with zero attached hydrogens (tertiary/aromatic N) is 1. The van der Waals surface area contributed by atoms with Crippen LogP contribution < -0.4 is 19.5 Å². The number of carbonyl (C=O) groups is 1. The molecule has 0 unspecified atom stereocenters. The van der Waals surface area contributed by atoms with Crippen LogP contribution in [0.2, 0.25) is 0 Å². The molecule has 0 aliphatic carbocycles. The zero-order chi connectivity index (χ0) is 20.4. The monoisotopic (exact) mass is 393 g/mol. The van der Waals surface area contributed by atoms with Crippen LogP contribution in [0.1, 0.15) is 29.9 Å². The molecule has 0 radical (unpaired) electrons. The van der Waals surface area contributed by atoms with E-state index < -0.39 is 0 Å². The van der Waals surface area contributed by atoms with Crippen molar-refractivity contribution in [3.8, 4) is 28.5 Å². The first kappa shape index (κ1) is 18.9. The highest BCUT2D eigenvalue weighted by Gasteiger charge is 2.21. The van der Waals surface area contributed by atoms with Gasteiger partial charge in [0.05, 0.1) is 18.5 Å². The maximum atomic E-state index is 12.9. The Balaban J connectivity index is 1.70. The van der Waals surface area contributed by atoms with E-state index >= 15 is 0 Å². The molecule has 0 spiro atoms. The minimum Gasteiger partial charge on any atom is -0.497 e. The second kappa shape index (κ2) is 7.87. The SMILES string of the molecule is COc1cccc(C(=O)Nc2c(-c3ccc4c(c3)OCO4)n[nH]c2CC(C)C)c1. The molecule has 7 nitrogen and oxygen atoms in total. The van der Waals surface area contributed by atoms with Crippen LogP contribution in [0.15, 0.2) is 42.5 Å². The summed E-state index contributed by atoms with van der Waals surface area (Å²) < 4.78 is 16.1. The molecule has 0 saturated carbocycles. The number of rotatable bonds is 6. The zero-order valence-electron chi connectivity index (χ0n) is 16.6. The number of methoxy groups -OCH3 is 1. The first-order valence-electron chi connectivity index (χ1n) is 9.48. The Hall–Kier alpha value is -3.48. The number of nitrogens with one attached hydrogen (secondary N) is 2. The van der Waals surface area contributed by atoms with E-state index in [1.54, 1.807) is 31.4 Å². The van der Waals surface area contributed by atoms with Gasteiger partial charge >= 0.3 is 0 Å². The lowest BCUT2D eigenvalue weighted by atomic mass is 10.0. The Bertz CT molecular complexity index is 1040. The van der Waals surface area contributed by atoms with Crippen molar-refractivity contribution < 1.29 is 19.0 Å². The van der Waals surface area contributed by atoms with E-state index in [1.165, 1.54) is 0 Å². The van der Waals surface area contributed by atoms with E-state index in [0.717, 1.165) is 17.7 Å². The molecule has 1 amide bonds. The molecular weight excluding hydrogens is 370 g/mol. The molecular formula is C22H23N3O4. The molecule has 29 heavy (non-hydrogen) atoms. The molecule has 0 saturated heterocycles. The third kappa shape index (κ3) is 3.89. The lowest BCUT2D eigenvalue weighted by Gasteiger charge is -2.11. The maximum absolute atomic E-state index is 12.9. The summed E-state index contributed by atoms with van der Waals surface area (Å²) >= 11 is 0. The summed E-state index contributed by atoms with van der Waals surface area (Å²) in [5.74, 6) is 2.17. The van der Waals surface area contributed by atoms with Crippen LogP contribution in [0.25, 0.3) is 11.3 Å². The molecule has 0 atom stereocenters. The maximum Gasteiger partial charge on any atom is 0.255 e. The molecule has 0 bridgehead atoms. The van der Waals surface area contributed by atoms with E-state index in [0.29, 0.717) is 40.1 Å². The van der Waals surface area contributed by atoms with Crippen molar-refractivity contribution in [2.75, 3.05) is 19.2 Å². The fourth-order valence-electron chi connectivity index (χ4n) is 3.27. The number of hydrogen-bond acceptors (Lipinski definition) is 5. The van der Waals surface area contributed by atoms with Crippen molar-refractivity contribution in [1.82, 2.24) is 10.2 Å². The van der Waals surface area contributed by atoms with Crippen LogP contribution in [0, 0.1) is 5.92 Å². The molecule has 2 N–H and O–H groups in total. The molecule has 2 aromatic carbocycles. The molecule has 1 aliphatic rings. The quantitative estimate of drug-likeness (QED) is 0.653. The fourth-order valence-corrected chi connectivity index (χ4v) is 3.27. The Labute approximate surface area is 169 Å². The van der Waals surface area contributed by atoms with Gasteiger partial charge in [-0.25, -0.2) is 0 Å². The normalized spacial score (nSPS) is 12.3. The number of hydrogen-bond donors (Lipinski definition) is 2. The van der Waals surface area contributed by atoms with Crippen molar-refractivity contribution in [1.29, 1.82) is 0 Å². The molecule has 7 heteroatoms. The minimum absolute atomic E-state index is 0.206. The van der Waals surface area contributed by atoms with Gasteiger partial charge in [0.1, 0.15) is 11.4 Å². The van der Waals surface area contributed by atoms with Gasteiger partial charge in [0.15, 0.2) is 11.5 Å². The van der Waals surface area contributed by atoms with Crippen molar-refractivity contribution in [3.05, 3.63) is 53.7 Å². The molecule has 0 fully saturated rings. The Kier molecular flexibility index (Phi) is 5.12. The van der Waals surface area contributed by atoms with Gasteiger partial charge in [-0.2, -0.15) is 5.10 Å². The van der Waals surface area contributed by atoms with Gasteiger partial charge in [-0.05, 0) is 48.7 Å². The summed E-state index contributed by atoms with van der Waals surface area (Å²) in [4.78, 5) is 12.9.